The fraction of sp³-hybridized carbons (Fsp3) is 1.00. The molecule has 1 heterocycles. The molecule has 1 saturated carbocycles. The Labute approximate surface area is 75.4 Å². The van der Waals surface area contributed by atoms with E-state index in [1.54, 1.807) is 0 Å². The molecule has 2 rings (SSSR count). The van der Waals surface area contributed by atoms with Gasteiger partial charge < -0.3 is 5.32 Å². The van der Waals surface area contributed by atoms with E-state index in [1.165, 1.54) is 32.1 Å². The van der Waals surface area contributed by atoms with E-state index in [1.807, 2.05) is 0 Å². The molecule has 1 aliphatic heterocycles. The molecule has 1 aliphatic carbocycles. The first-order valence-electron chi connectivity index (χ1n) is 4.62. The van der Waals surface area contributed by atoms with Gasteiger partial charge in [0.1, 0.15) is 0 Å². The molecule has 0 radical (unpaired) electrons. The van der Waals surface area contributed by atoms with Crippen molar-refractivity contribution in [3.8, 4) is 0 Å². The molecule has 0 aromatic heterocycles. The molecule has 1 saturated heterocycles. The molecular weight excluding hydrogens is 158 g/mol. The minimum atomic E-state index is 0. The second-order valence-electron chi connectivity index (χ2n) is 3.94. The summed E-state index contributed by atoms with van der Waals surface area (Å²) < 4.78 is 0. The van der Waals surface area contributed by atoms with Gasteiger partial charge in [-0.25, -0.2) is 0 Å². The number of rotatable bonds is 1. The minimum Gasteiger partial charge on any atom is -0.311 e. The average molecular weight is 176 g/mol. The van der Waals surface area contributed by atoms with Crippen LogP contribution in [0.1, 0.15) is 39.0 Å². The number of hydrogen-bond acceptors (Lipinski definition) is 1. The molecule has 2 atom stereocenters. The van der Waals surface area contributed by atoms with Gasteiger partial charge in [0, 0.05) is 12.1 Å². The first-order chi connectivity index (χ1) is 4.86. The number of hydrogen-bond donors (Lipinski definition) is 1. The molecule has 66 valence electrons. The molecule has 2 fully saturated rings. The van der Waals surface area contributed by atoms with Gasteiger partial charge in [0.2, 0.25) is 0 Å². The molecule has 0 spiro atoms. The predicted octanol–water partition coefficient (Wildman–Crippen LogP) is 2.35. The van der Waals surface area contributed by atoms with Gasteiger partial charge in [-0.2, -0.15) is 0 Å². The van der Waals surface area contributed by atoms with E-state index in [9.17, 15) is 0 Å². The van der Waals surface area contributed by atoms with Crippen LogP contribution >= 0.6 is 12.4 Å². The van der Waals surface area contributed by atoms with Crippen molar-refractivity contribution in [2.75, 3.05) is 0 Å². The van der Waals surface area contributed by atoms with E-state index < -0.39 is 0 Å². The largest absolute Gasteiger partial charge is 0.311 e. The van der Waals surface area contributed by atoms with E-state index in [0.29, 0.717) is 0 Å². The third-order valence-corrected chi connectivity index (χ3v) is 2.84. The van der Waals surface area contributed by atoms with Crippen LogP contribution in [-0.4, -0.2) is 12.1 Å². The zero-order valence-corrected chi connectivity index (χ0v) is 7.99. The Morgan fingerprint density at radius 3 is 2.36 bits per heavy atom. The fourth-order valence-corrected chi connectivity index (χ4v) is 2.05. The van der Waals surface area contributed by atoms with E-state index in [0.717, 1.165) is 18.0 Å². The Morgan fingerprint density at radius 1 is 1.09 bits per heavy atom. The summed E-state index contributed by atoms with van der Waals surface area (Å²) in [5.74, 6) is 1.06. The molecule has 0 amide bonds. The fourth-order valence-electron chi connectivity index (χ4n) is 2.05. The highest BCUT2D eigenvalue weighted by Gasteiger charge is 2.32. The Hall–Kier alpha value is 0.250. The lowest BCUT2D eigenvalue weighted by Crippen LogP contribution is -2.41. The number of halogens is 1. The second kappa shape index (κ2) is 3.77. The van der Waals surface area contributed by atoms with Gasteiger partial charge in [0.25, 0.3) is 0 Å². The summed E-state index contributed by atoms with van der Waals surface area (Å²) in [4.78, 5) is 0. The summed E-state index contributed by atoms with van der Waals surface area (Å²) in [6.07, 6.45) is 7.27. The van der Waals surface area contributed by atoms with Crippen molar-refractivity contribution in [2.45, 2.75) is 51.1 Å². The minimum absolute atomic E-state index is 0. The summed E-state index contributed by atoms with van der Waals surface area (Å²) in [7, 11) is 0. The smallest absolute Gasteiger partial charge is 0.00978 e. The lowest BCUT2D eigenvalue weighted by atomic mass is 9.97. The Morgan fingerprint density at radius 2 is 1.82 bits per heavy atom. The SMILES string of the molecule is C[C@@H]1CCC[C@H](C2CC2)N1.Cl. The van der Waals surface area contributed by atoms with E-state index in [2.05, 4.69) is 12.2 Å². The van der Waals surface area contributed by atoms with Crippen molar-refractivity contribution < 1.29 is 0 Å². The van der Waals surface area contributed by atoms with Gasteiger partial charge in [-0.3, -0.25) is 0 Å². The highest BCUT2D eigenvalue weighted by atomic mass is 35.5. The van der Waals surface area contributed by atoms with Crippen LogP contribution in [0, 0.1) is 5.92 Å². The molecule has 0 aromatic carbocycles. The van der Waals surface area contributed by atoms with Crippen LogP contribution in [0.2, 0.25) is 0 Å². The van der Waals surface area contributed by atoms with Crippen molar-refractivity contribution >= 4 is 12.4 Å². The standard InChI is InChI=1S/C9H17N.ClH/c1-7-3-2-4-9(10-7)8-5-6-8;/h7-10H,2-6H2,1H3;1H/t7-,9-;/m1./s1. The molecule has 2 aliphatic rings. The maximum atomic E-state index is 3.68. The van der Waals surface area contributed by atoms with Gasteiger partial charge >= 0.3 is 0 Å². The number of piperidine rings is 1. The highest BCUT2D eigenvalue weighted by molar-refractivity contribution is 5.85. The van der Waals surface area contributed by atoms with Gasteiger partial charge in [-0.1, -0.05) is 6.42 Å². The van der Waals surface area contributed by atoms with Crippen LogP contribution in [0.25, 0.3) is 0 Å². The number of nitrogens with one attached hydrogen (secondary N) is 1. The average Bonchev–Trinajstić information content (AvgIpc) is 2.68. The van der Waals surface area contributed by atoms with Crippen molar-refractivity contribution in [1.29, 1.82) is 0 Å². The Kier molecular flexibility index (Phi) is 3.20. The Bertz CT molecular complexity index is 123. The van der Waals surface area contributed by atoms with Crippen LogP contribution < -0.4 is 5.32 Å². The Balaban J connectivity index is 0.000000605. The summed E-state index contributed by atoms with van der Waals surface area (Å²) in [5.41, 5.74) is 0. The first kappa shape index (κ1) is 9.34. The normalized spacial score (nSPS) is 37.9. The molecule has 2 heteroatoms. The molecule has 0 unspecified atom stereocenters. The van der Waals surface area contributed by atoms with Gasteiger partial charge in [-0.05, 0) is 38.5 Å². The quantitative estimate of drug-likeness (QED) is 0.645. The molecule has 0 bridgehead atoms. The van der Waals surface area contributed by atoms with Crippen molar-refractivity contribution in [1.82, 2.24) is 5.32 Å². The third-order valence-electron chi connectivity index (χ3n) is 2.84. The van der Waals surface area contributed by atoms with Crippen molar-refractivity contribution in [2.24, 2.45) is 5.92 Å². The summed E-state index contributed by atoms with van der Waals surface area (Å²) in [6, 6.07) is 1.68. The van der Waals surface area contributed by atoms with Crippen LogP contribution in [0.5, 0.6) is 0 Å². The molecule has 11 heavy (non-hydrogen) atoms. The third kappa shape index (κ3) is 2.34. The summed E-state index contributed by atoms with van der Waals surface area (Å²) >= 11 is 0. The highest BCUT2D eigenvalue weighted by Crippen LogP contribution is 2.36. The zero-order valence-electron chi connectivity index (χ0n) is 7.18. The topological polar surface area (TPSA) is 12.0 Å². The lowest BCUT2D eigenvalue weighted by Gasteiger charge is -2.28. The van der Waals surface area contributed by atoms with Gasteiger partial charge in [0.15, 0.2) is 0 Å². The second-order valence-corrected chi connectivity index (χ2v) is 3.94. The maximum absolute atomic E-state index is 3.68. The lowest BCUT2D eigenvalue weighted by molar-refractivity contribution is 0.310. The molecule has 1 nitrogen and oxygen atoms in total. The van der Waals surface area contributed by atoms with Crippen LogP contribution in [0.4, 0.5) is 0 Å². The van der Waals surface area contributed by atoms with Gasteiger partial charge in [-0.15, -0.1) is 12.4 Å². The van der Waals surface area contributed by atoms with E-state index in [4.69, 9.17) is 0 Å². The van der Waals surface area contributed by atoms with Crippen molar-refractivity contribution in [3.63, 3.8) is 0 Å². The van der Waals surface area contributed by atoms with E-state index >= 15 is 0 Å². The first-order valence-corrected chi connectivity index (χ1v) is 4.62. The van der Waals surface area contributed by atoms with Crippen LogP contribution in [0.15, 0.2) is 0 Å². The van der Waals surface area contributed by atoms with Crippen LogP contribution in [-0.2, 0) is 0 Å². The summed E-state index contributed by atoms with van der Waals surface area (Å²) in [5, 5.41) is 3.68. The molecule has 0 aromatic rings. The predicted molar refractivity (Wildman–Crippen MR) is 50.2 cm³/mol. The monoisotopic (exact) mass is 175 g/mol. The zero-order chi connectivity index (χ0) is 6.97. The van der Waals surface area contributed by atoms with E-state index in [-0.39, 0.29) is 12.4 Å². The summed E-state index contributed by atoms with van der Waals surface area (Å²) in [6.45, 7) is 2.31. The van der Waals surface area contributed by atoms with Crippen molar-refractivity contribution in [3.05, 3.63) is 0 Å². The molecule has 1 N–H and O–H groups in total. The molecular formula is C9H18ClN. The maximum Gasteiger partial charge on any atom is 0.00978 e. The van der Waals surface area contributed by atoms with Crippen LogP contribution in [0.3, 0.4) is 0 Å². The van der Waals surface area contributed by atoms with Gasteiger partial charge in [0.05, 0.1) is 0 Å².